The molecule has 1 fully saturated rings. The molecule has 0 spiro atoms. The molecule has 0 radical (unpaired) electrons. The topological polar surface area (TPSA) is 9.23 Å². The van der Waals surface area contributed by atoms with E-state index in [1.54, 1.807) is 12.1 Å². The summed E-state index contributed by atoms with van der Waals surface area (Å²) >= 11 is 0. The number of benzene rings is 1. The molecule has 112 valence electrons. The normalized spacial score (nSPS) is 22.8. The SMILES string of the molecule is CCCOc1ccc(F)c(C2CCC(CCC)CC2)c1. The second-order valence-electron chi connectivity index (χ2n) is 6.04. The minimum atomic E-state index is -0.0622. The molecule has 0 bridgehead atoms. The Bertz CT molecular complexity index is 408. The van der Waals surface area contributed by atoms with Crippen LogP contribution >= 0.6 is 0 Å². The summed E-state index contributed by atoms with van der Waals surface area (Å²) in [5.41, 5.74) is 0.869. The Kier molecular flexibility index (Phi) is 5.87. The third kappa shape index (κ3) is 3.97. The van der Waals surface area contributed by atoms with Crippen molar-refractivity contribution in [3.8, 4) is 5.75 Å². The molecule has 0 atom stereocenters. The molecule has 0 amide bonds. The van der Waals surface area contributed by atoms with Crippen molar-refractivity contribution in [3.63, 3.8) is 0 Å². The minimum absolute atomic E-state index is 0.0622. The predicted octanol–water partition coefficient (Wildman–Crippen LogP) is 5.69. The molecule has 20 heavy (non-hydrogen) atoms. The molecular formula is C18H27FO. The van der Waals surface area contributed by atoms with E-state index >= 15 is 0 Å². The predicted molar refractivity (Wildman–Crippen MR) is 81.8 cm³/mol. The summed E-state index contributed by atoms with van der Waals surface area (Å²) < 4.78 is 19.7. The Morgan fingerprint density at radius 3 is 2.50 bits per heavy atom. The minimum Gasteiger partial charge on any atom is -0.494 e. The first-order chi connectivity index (χ1) is 9.74. The van der Waals surface area contributed by atoms with Gasteiger partial charge in [0.1, 0.15) is 11.6 Å². The van der Waals surface area contributed by atoms with Crippen LogP contribution in [0.15, 0.2) is 18.2 Å². The molecule has 0 N–H and O–H groups in total. The molecule has 1 nitrogen and oxygen atoms in total. The fourth-order valence-corrected chi connectivity index (χ4v) is 3.31. The first-order valence-electron chi connectivity index (χ1n) is 8.16. The average Bonchev–Trinajstić information content (AvgIpc) is 2.48. The standard InChI is InChI=1S/C18H27FO/c1-3-5-14-6-8-15(9-7-14)17-13-16(20-12-4-2)10-11-18(17)19/h10-11,13-15H,3-9,12H2,1-2H3. The molecule has 0 aliphatic heterocycles. The number of hydrogen-bond donors (Lipinski definition) is 0. The van der Waals surface area contributed by atoms with Crippen LogP contribution in [0, 0.1) is 11.7 Å². The molecular weight excluding hydrogens is 251 g/mol. The molecule has 0 saturated heterocycles. The lowest BCUT2D eigenvalue weighted by atomic mass is 9.77. The largest absolute Gasteiger partial charge is 0.494 e. The van der Waals surface area contributed by atoms with Gasteiger partial charge in [-0.15, -0.1) is 0 Å². The van der Waals surface area contributed by atoms with Crippen LogP contribution in [0.5, 0.6) is 5.75 Å². The molecule has 1 aliphatic rings. The number of ether oxygens (including phenoxy) is 1. The van der Waals surface area contributed by atoms with E-state index in [2.05, 4.69) is 13.8 Å². The zero-order valence-corrected chi connectivity index (χ0v) is 12.8. The van der Waals surface area contributed by atoms with Crippen molar-refractivity contribution >= 4 is 0 Å². The van der Waals surface area contributed by atoms with Crippen LogP contribution in [0.1, 0.15) is 70.3 Å². The summed E-state index contributed by atoms with van der Waals surface area (Å²) in [5.74, 6) is 2.00. The Labute approximate surface area is 122 Å². The van der Waals surface area contributed by atoms with Gasteiger partial charge in [-0.1, -0.05) is 26.7 Å². The van der Waals surface area contributed by atoms with Crippen molar-refractivity contribution in [2.75, 3.05) is 6.61 Å². The van der Waals surface area contributed by atoms with Gasteiger partial charge in [-0.3, -0.25) is 0 Å². The second kappa shape index (κ2) is 7.66. The van der Waals surface area contributed by atoms with Crippen LogP contribution < -0.4 is 4.74 Å². The van der Waals surface area contributed by atoms with Gasteiger partial charge < -0.3 is 4.74 Å². The molecule has 2 heteroatoms. The molecule has 0 heterocycles. The Morgan fingerprint density at radius 1 is 1.10 bits per heavy atom. The van der Waals surface area contributed by atoms with Crippen molar-refractivity contribution < 1.29 is 9.13 Å². The summed E-state index contributed by atoms with van der Waals surface area (Å²) in [7, 11) is 0. The summed E-state index contributed by atoms with van der Waals surface area (Å²) in [4.78, 5) is 0. The third-order valence-electron chi connectivity index (χ3n) is 4.42. The van der Waals surface area contributed by atoms with E-state index in [0.717, 1.165) is 36.5 Å². The molecule has 0 aromatic heterocycles. The highest BCUT2D eigenvalue weighted by molar-refractivity contribution is 5.32. The fourth-order valence-electron chi connectivity index (χ4n) is 3.31. The smallest absolute Gasteiger partial charge is 0.126 e. The van der Waals surface area contributed by atoms with Gasteiger partial charge in [0.05, 0.1) is 6.61 Å². The quantitative estimate of drug-likeness (QED) is 0.649. The average molecular weight is 278 g/mol. The molecule has 2 rings (SSSR count). The maximum Gasteiger partial charge on any atom is 0.126 e. The monoisotopic (exact) mass is 278 g/mol. The van der Waals surface area contributed by atoms with Crippen molar-refractivity contribution in [1.82, 2.24) is 0 Å². The summed E-state index contributed by atoms with van der Waals surface area (Å²) in [6.45, 7) is 5.04. The summed E-state index contributed by atoms with van der Waals surface area (Å²) in [5, 5.41) is 0. The lowest BCUT2D eigenvalue weighted by Crippen LogP contribution is -2.14. The Balaban J connectivity index is 2.01. The van der Waals surface area contributed by atoms with Crippen LogP contribution in [0.4, 0.5) is 4.39 Å². The van der Waals surface area contributed by atoms with E-state index in [9.17, 15) is 4.39 Å². The van der Waals surface area contributed by atoms with Crippen LogP contribution in [-0.4, -0.2) is 6.61 Å². The summed E-state index contributed by atoms with van der Waals surface area (Å²) in [6, 6.07) is 5.24. The first-order valence-corrected chi connectivity index (χ1v) is 8.16. The highest BCUT2D eigenvalue weighted by atomic mass is 19.1. The fraction of sp³-hybridized carbons (Fsp3) is 0.667. The molecule has 1 aromatic carbocycles. The lowest BCUT2D eigenvalue weighted by molar-refractivity contribution is 0.300. The van der Waals surface area contributed by atoms with Gasteiger partial charge in [0.25, 0.3) is 0 Å². The van der Waals surface area contributed by atoms with Crippen molar-refractivity contribution in [3.05, 3.63) is 29.6 Å². The van der Waals surface area contributed by atoms with E-state index in [-0.39, 0.29) is 5.82 Å². The molecule has 0 unspecified atom stereocenters. The zero-order valence-electron chi connectivity index (χ0n) is 12.8. The maximum atomic E-state index is 14.1. The van der Waals surface area contributed by atoms with E-state index in [1.807, 2.05) is 6.07 Å². The van der Waals surface area contributed by atoms with Crippen molar-refractivity contribution in [2.45, 2.75) is 64.7 Å². The van der Waals surface area contributed by atoms with Gasteiger partial charge in [-0.05, 0) is 67.7 Å². The highest BCUT2D eigenvalue weighted by Crippen LogP contribution is 2.39. The van der Waals surface area contributed by atoms with E-state index in [4.69, 9.17) is 4.74 Å². The van der Waals surface area contributed by atoms with E-state index in [1.165, 1.54) is 25.7 Å². The van der Waals surface area contributed by atoms with Gasteiger partial charge >= 0.3 is 0 Å². The van der Waals surface area contributed by atoms with Gasteiger partial charge in [0.15, 0.2) is 0 Å². The summed E-state index contributed by atoms with van der Waals surface area (Å²) in [6.07, 6.45) is 8.32. The third-order valence-corrected chi connectivity index (χ3v) is 4.42. The number of hydrogen-bond acceptors (Lipinski definition) is 1. The Hall–Kier alpha value is -1.05. The highest BCUT2D eigenvalue weighted by Gasteiger charge is 2.24. The first kappa shape index (κ1) is 15.3. The number of halogens is 1. The lowest BCUT2D eigenvalue weighted by Gasteiger charge is -2.29. The zero-order chi connectivity index (χ0) is 14.4. The molecule has 1 aromatic rings. The van der Waals surface area contributed by atoms with Crippen LogP contribution in [0.2, 0.25) is 0 Å². The maximum absolute atomic E-state index is 14.1. The van der Waals surface area contributed by atoms with Crippen LogP contribution in [0.3, 0.4) is 0 Å². The van der Waals surface area contributed by atoms with Crippen molar-refractivity contribution in [2.24, 2.45) is 5.92 Å². The van der Waals surface area contributed by atoms with E-state index in [0.29, 0.717) is 12.5 Å². The van der Waals surface area contributed by atoms with Crippen molar-refractivity contribution in [1.29, 1.82) is 0 Å². The second-order valence-corrected chi connectivity index (χ2v) is 6.04. The van der Waals surface area contributed by atoms with Gasteiger partial charge in [0, 0.05) is 0 Å². The van der Waals surface area contributed by atoms with E-state index < -0.39 is 0 Å². The van der Waals surface area contributed by atoms with Gasteiger partial charge in [0.2, 0.25) is 0 Å². The van der Waals surface area contributed by atoms with Gasteiger partial charge in [-0.25, -0.2) is 4.39 Å². The Morgan fingerprint density at radius 2 is 1.85 bits per heavy atom. The van der Waals surface area contributed by atoms with Gasteiger partial charge in [-0.2, -0.15) is 0 Å². The number of rotatable bonds is 6. The molecule has 1 saturated carbocycles. The molecule has 1 aliphatic carbocycles. The van der Waals surface area contributed by atoms with Crippen LogP contribution in [-0.2, 0) is 0 Å². The van der Waals surface area contributed by atoms with Crippen LogP contribution in [0.25, 0.3) is 0 Å².